The maximum atomic E-state index is 13.1. The second-order valence-corrected chi connectivity index (χ2v) is 9.26. The van der Waals surface area contributed by atoms with Crippen LogP contribution in [0.4, 0.5) is 5.69 Å². The van der Waals surface area contributed by atoms with E-state index in [2.05, 4.69) is 21.4 Å². The summed E-state index contributed by atoms with van der Waals surface area (Å²) in [6.45, 7) is 7.43. The number of carbonyl (C=O) groups excluding carboxylic acids is 1. The average Bonchev–Trinajstić information content (AvgIpc) is 3.43. The summed E-state index contributed by atoms with van der Waals surface area (Å²) in [6, 6.07) is 17.0. The number of benzene rings is 2. The fourth-order valence-corrected chi connectivity index (χ4v) is 4.26. The van der Waals surface area contributed by atoms with Crippen LogP contribution in [-0.2, 0) is 5.60 Å². The van der Waals surface area contributed by atoms with Gasteiger partial charge in [0.25, 0.3) is 5.91 Å². The Morgan fingerprint density at radius 1 is 1.00 bits per heavy atom. The number of imidazole rings is 1. The normalized spacial score (nSPS) is 11.7. The first kappa shape index (κ1) is 22.6. The lowest BCUT2D eigenvalue weighted by Crippen LogP contribution is -2.18. The average molecular weight is 466 g/mol. The van der Waals surface area contributed by atoms with Gasteiger partial charge in [0.05, 0.1) is 23.2 Å². The monoisotopic (exact) mass is 465 g/mol. The van der Waals surface area contributed by atoms with Crippen LogP contribution in [-0.4, -0.2) is 30.2 Å². The Bertz CT molecular complexity index is 1540. The number of aromatic nitrogens is 4. The Morgan fingerprint density at radius 2 is 1.83 bits per heavy atom. The summed E-state index contributed by atoms with van der Waals surface area (Å²) in [5.41, 5.74) is 6.51. The van der Waals surface area contributed by atoms with Crippen molar-refractivity contribution in [3.05, 3.63) is 102 Å². The molecule has 0 spiro atoms. The molecule has 2 N–H and O–H groups in total. The minimum absolute atomic E-state index is 0.231. The van der Waals surface area contributed by atoms with Gasteiger partial charge in [0.1, 0.15) is 0 Å². The molecule has 3 heterocycles. The van der Waals surface area contributed by atoms with Crippen molar-refractivity contribution in [3.63, 3.8) is 0 Å². The van der Waals surface area contributed by atoms with Crippen LogP contribution in [0.3, 0.4) is 0 Å². The van der Waals surface area contributed by atoms with Gasteiger partial charge in [-0.15, -0.1) is 0 Å². The van der Waals surface area contributed by atoms with Gasteiger partial charge >= 0.3 is 0 Å². The number of hydrogen-bond donors (Lipinski definition) is 2. The molecule has 5 aromatic rings. The highest BCUT2D eigenvalue weighted by molar-refractivity contribution is 6.05. The van der Waals surface area contributed by atoms with E-state index in [4.69, 9.17) is 0 Å². The Hall–Kier alpha value is -4.23. The highest BCUT2D eigenvalue weighted by Crippen LogP contribution is 2.28. The van der Waals surface area contributed by atoms with Crippen molar-refractivity contribution in [1.82, 2.24) is 19.2 Å². The van der Waals surface area contributed by atoms with Crippen LogP contribution in [0.15, 0.2) is 79.4 Å². The third-order valence-corrected chi connectivity index (χ3v) is 6.17. The van der Waals surface area contributed by atoms with E-state index in [0.29, 0.717) is 16.8 Å². The number of aliphatic hydroxyl groups is 1. The highest BCUT2D eigenvalue weighted by atomic mass is 16.3. The van der Waals surface area contributed by atoms with E-state index in [0.717, 1.165) is 33.7 Å². The number of fused-ring (bicyclic) bond motifs is 1. The molecule has 0 atom stereocenters. The fraction of sp³-hybridized carbons (Fsp3) is 0.179. The first-order chi connectivity index (χ1) is 16.7. The van der Waals surface area contributed by atoms with Crippen LogP contribution in [0.5, 0.6) is 0 Å². The first-order valence-electron chi connectivity index (χ1n) is 11.4. The number of nitrogens with zero attached hydrogens (tertiary/aromatic N) is 4. The van der Waals surface area contributed by atoms with E-state index in [9.17, 15) is 9.90 Å². The second-order valence-electron chi connectivity index (χ2n) is 9.26. The number of nitrogens with one attached hydrogen (secondary N) is 1. The van der Waals surface area contributed by atoms with E-state index >= 15 is 0 Å². The van der Waals surface area contributed by atoms with Crippen LogP contribution >= 0.6 is 0 Å². The quantitative estimate of drug-likeness (QED) is 0.370. The highest BCUT2D eigenvalue weighted by Gasteiger charge is 2.19. The van der Waals surface area contributed by atoms with Gasteiger partial charge < -0.3 is 10.4 Å². The number of rotatable bonds is 5. The summed E-state index contributed by atoms with van der Waals surface area (Å²) in [7, 11) is 0. The number of aryl methyl sites for hydroxylation is 2. The second kappa shape index (κ2) is 8.52. The largest absolute Gasteiger partial charge is 0.386 e. The minimum atomic E-state index is -1.03. The molecule has 0 fully saturated rings. The summed E-state index contributed by atoms with van der Waals surface area (Å²) in [5, 5.41) is 13.4. The van der Waals surface area contributed by atoms with E-state index in [1.807, 2.05) is 72.0 Å². The SMILES string of the molecule is Cc1cc(C)c(-n2ccc3ncc(-c4cccnc4)n32)cc1NC(=O)c1cccc(C(C)(C)O)c1. The van der Waals surface area contributed by atoms with Crippen molar-refractivity contribution in [2.45, 2.75) is 33.3 Å². The lowest BCUT2D eigenvalue weighted by molar-refractivity contribution is 0.0785. The van der Waals surface area contributed by atoms with Crippen LogP contribution in [0.1, 0.15) is 40.9 Å². The molecule has 0 radical (unpaired) electrons. The van der Waals surface area contributed by atoms with Crippen molar-refractivity contribution in [1.29, 1.82) is 0 Å². The Balaban J connectivity index is 1.54. The fourth-order valence-electron chi connectivity index (χ4n) is 4.26. The van der Waals surface area contributed by atoms with Gasteiger partial charge in [-0.1, -0.05) is 18.2 Å². The first-order valence-corrected chi connectivity index (χ1v) is 11.4. The summed E-state index contributed by atoms with van der Waals surface area (Å²) in [5.74, 6) is -0.231. The van der Waals surface area contributed by atoms with Gasteiger partial charge in [-0.05, 0) is 74.7 Å². The van der Waals surface area contributed by atoms with E-state index in [1.165, 1.54) is 0 Å². The van der Waals surface area contributed by atoms with E-state index in [-0.39, 0.29) is 5.91 Å². The third kappa shape index (κ3) is 4.22. The molecular weight excluding hydrogens is 438 g/mol. The Morgan fingerprint density at radius 3 is 2.57 bits per heavy atom. The molecule has 176 valence electrons. The maximum Gasteiger partial charge on any atom is 0.255 e. The van der Waals surface area contributed by atoms with Crippen LogP contribution in [0.25, 0.3) is 22.6 Å². The molecule has 0 aliphatic rings. The predicted octanol–water partition coefficient (Wildman–Crippen LogP) is 5.28. The van der Waals surface area contributed by atoms with Crippen LogP contribution in [0.2, 0.25) is 0 Å². The molecular formula is C28H27N5O2. The third-order valence-electron chi connectivity index (χ3n) is 6.17. The van der Waals surface area contributed by atoms with Crippen molar-refractivity contribution in [3.8, 4) is 16.9 Å². The number of anilines is 1. The molecule has 0 saturated heterocycles. The van der Waals surface area contributed by atoms with Crippen molar-refractivity contribution < 1.29 is 9.90 Å². The topological polar surface area (TPSA) is 84.5 Å². The maximum absolute atomic E-state index is 13.1. The van der Waals surface area contributed by atoms with Gasteiger partial charge in [0.15, 0.2) is 5.65 Å². The van der Waals surface area contributed by atoms with Crippen molar-refractivity contribution >= 4 is 17.2 Å². The summed E-state index contributed by atoms with van der Waals surface area (Å²) in [4.78, 5) is 21.9. The molecule has 0 bridgehead atoms. The molecule has 5 rings (SSSR count). The molecule has 2 aromatic carbocycles. The minimum Gasteiger partial charge on any atom is -0.386 e. The van der Waals surface area contributed by atoms with Crippen LogP contribution < -0.4 is 5.32 Å². The van der Waals surface area contributed by atoms with Gasteiger partial charge in [0.2, 0.25) is 0 Å². The molecule has 0 aliphatic heterocycles. The number of pyridine rings is 1. The van der Waals surface area contributed by atoms with Crippen molar-refractivity contribution in [2.24, 2.45) is 0 Å². The smallest absolute Gasteiger partial charge is 0.255 e. The molecule has 0 saturated carbocycles. The number of amides is 1. The van der Waals surface area contributed by atoms with Gasteiger partial charge in [-0.25, -0.2) is 9.50 Å². The number of carbonyl (C=O) groups is 1. The Kier molecular flexibility index (Phi) is 5.49. The predicted molar refractivity (Wildman–Crippen MR) is 137 cm³/mol. The van der Waals surface area contributed by atoms with E-state index in [1.54, 1.807) is 38.2 Å². The Labute approximate surface area is 203 Å². The summed E-state index contributed by atoms with van der Waals surface area (Å²) < 4.78 is 4.07. The van der Waals surface area contributed by atoms with Crippen LogP contribution in [0, 0.1) is 13.8 Å². The molecule has 35 heavy (non-hydrogen) atoms. The summed E-state index contributed by atoms with van der Waals surface area (Å²) >= 11 is 0. The summed E-state index contributed by atoms with van der Waals surface area (Å²) in [6.07, 6.45) is 7.37. The van der Waals surface area contributed by atoms with Gasteiger partial charge in [0, 0.05) is 41.5 Å². The lowest BCUT2D eigenvalue weighted by atomic mass is 9.96. The molecule has 1 amide bonds. The zero-order valence-corrected chi connectivity index (χ0v) is 20.1. The molecule has 7 heteroatoms. The van der Waals surface area contributed by atoms with Crippen molar-refractivity contribution in [2.75, 3.05) is 5.32 Å². The molecule has 3 aromatic heterocycles. The van der Waals surface area contributed by atoms with E-state index < -0.39 is 5.60 Å². The zero-order chi connectivity index (χ0) is 24.7. The molecule has 7 nitrogen and oxygen atoms in total. The number of hydrogen-bond acceptors (Lipinski definition) is 4. The zero-order valence-electron chi connectivity index (χ0n) is 20.1. The molecule has 0 unspecified atom stereocenters. The molecule has 0 aliphatic carbocycles. The van der Waals surface area contributed by atoms with Gasteiger partial charge in [-0.2, -0.15) is 0 Å². The lowest BCUT2D eigenvalue weighted by Gasteiger charge is -2.19. The standard InChI is InChI=1S/C28H27N5O2/c1-18-13-19(2)24(15-23(18)31-27(34)20-7-5-9-22(14-20)28(3,4)35)32-12-10-26-30-17-25(33(26)32)21-8-6-11-29-16-21/h5-17,35H,1-4H3,(H,31,34). The van der Waals surface area contributed by atoms with Gasteiger partial charge in [-0.3, -0.25) is 14.5 Å².